The first kappa shape index (κ1) is 42.2. The van der Waals surface area contributed by atoms with Gasteiger partial charge in [0, 0.05) is 5.92 Å². The molecule has 6 aromatic carbocycles. The average Bonchev–Trinajstić information content (AvgIpc) is 3.17. The zero-order valence-electron chi connectivity index (χ0n) is 33.1. The zero-order chi connectivity index (χ0) is 37.4. The maximum Gasteiger partial charge on any atom is 0.0348 e. The monoisotopic (exact) mass is 674 g/mol. The van der Waals surface area contributed by atoms with Gasteiger partial charge in [0.25, 0.3) is 0 Å². The molecule has 0 nitrogen and oxygen atoms in total. The van der Waals surface area contributed by atoms with Gasteiger partial charge in [0.2, 0.25) is 0 Å². The molecule has 0 saturated heterocycles. The second-order valence-corrected chi connectivity index (χ2v) is 12.7. The molecule has 0 spiro atoms. The third-order valence-corrected chi connectivity index (χ3v) is 8.35. The lowest BCUT2D eigenvalue weighted by Gasteiger charge is -2.26. The van der Waals surface area contributed by atoms with E-state index in [4.69, 9.17) is 0 Å². The molecular formula is C51H62. The van der Waals surface area contributed by atoms with E-state index >= 15 is 0 Å². The maximum atomic E-state index is 2.32. The summed E-state index contributed by atoms with van der Waals surface area (Å²) in [6.07, 6.45) is 2.30. The normalized spacial score (nSPS) is 10.9. The van der Waals surface area contributed by atoms with Crippen LogP contribution in [0.5, 0.6) is 0 Å². The van der Waals surface area contributed by atoms with Crippen LogP contribution in [0.25, 0.3) is 11.1 Å². The highest BCUT2D eigenvalue weighted by Gasteiger charge is 2.24. The number of hydrogen-bond donors (Lipinski definition) is 0. The Labute approximate surface area is 312 Å². The second kappa shape index (κ2) is 24.2. The molecule has 266 valence electrons. The molecule has 0 N–H and O–H groups in total. The standard InChI is InChI=1S/C32H32.2C7H8.C3H8.C2H6/c1-5-26-17-21-29(22-18-26)32(28-19-15-23(2)16-20-28)31(30-14-10-9-11-24(30)3)25(4)27-12-7-6-8-13-27;2*1-7-5-3-2-4-6-7;1-3-2;1-2/h6-22,32H,5H2,1-4H3;2*2-6H,1H3;3H2,1-2H3;1-2H3/b31-25-;;;;. The van der Waals surface area contributed by atoms with Gasteiger partial charge in [-0.15, -0.1) is 0 Å². The Morgan fingerprint density at radius 1 is 0.451 bits per heavy atom. The third kappa shape index (κ3) is 14.4. The van der Waals surface area contributed by atoms with Crippen LogP contribution in [0.15, 0.2) is 164 Å². The van der Waals surface area contributed by atoms with Gasteiger partial charge < -0.3 is 0 Å². The summed E-state index contributed by atoms with van der Waals surface area (Å²) in [7, 11) is 0. The second-order valence-electron chi connectivity index (χ2n) is 12.7. The molecule has 0 heteroatoms. The molecule has 0 aliphatic carbocycles. The summed E-state index contributed by atoms with van der Waals surface area (Å²) in [4.78, 5) is 0. The van der Waals surface area contributed by atoms with Gasteiger partial charge in [0.05, 0.1) is 0 Å². The summed E-state index contributed by atoms with van der Waals surface area (Å²) in [5.74, 6) is 0.155. The zero-order valence-corrected chi connectivity index (χ0v) is 33.1. The molecule has 51 heavy (non-hydrogen) atoms. The Kier molecular flexibility index (Phi) is 20.1. The van der Waals surface area contributed by atoms with E-state index in [2.05, 4.69) is 183 Å². The lowest BCUT2D eigenvalue weighted by molar-refractivity contribution is 1.03. The van der Waals surface area contributed by atoms with Gasteiger partial charge >= 0.3 is 0 Å². The molecule has 0 aromatic heterocycles. The van der Waals surface area contributed by atoms with Gasteiger partial charge in [-0.25, -0.2) is 0 Å². The molecule has 0 amide bonds. The first-order chi connectivity index (χ1) is 24.8. The van der Waals surface area contributed by atoms with Crippen molar-refractivity contribution in [2.75, 3.05) is 0 Å². The van der Waals surface area contributed by atoms with E-state index in [1.807, 2.05) is 50.2 Å². The highest BCUT2D eigenvalue weighted by atomic mass is 14.3. The van der Waals surface area contributed by atoms with Crippen molar-refractivity contribution in [2.45, 2.75) is 88.0 Å². The van der Waals surface area contributed by atoms with Gasteiger partial charge in [-0.1, -0.05) is 222 Å². The fraction of sp³-hybridized carbons (Fsp3) is 0.255. The van der Waals surface area contributed by atoms with Crippen LogP contribution < -0.4 is 0 Å². The number of hydrogen-bond acceptors (Lipinski definition) is 0. The van der Waals surface area contributed by atoms with Crippen molar-refractivity contribution in [3.63, 3.8) is 0 Å². The minimum atomic E-state index is 0.155. The smallest absolute Gasteiger partial charge is 0.0348 e. The van der Waals surface area contributed by atoms with Crippen molar-refractivity contribution >= 4 is 11.1 Å². The van der Waals surface area contributed by atoms with Crippen LogP contribution in [-0.4, -0.2) is 0 Å². The summed E-state index contributed by atoms with van der Waals surface area (Å²) >= 11 is 0. The summed E-state index contributed by atoms with van der Waals surface area (Å²) in [5, 5.41) is 0. The molecule has 6 aromatic rings. The minimum Gasteiger partial charge on any atom is -0.0683 e. The van der Waals surface area contributed by atoms with Crippen LogP contribution in [0.3, 0.4) is 0 Å². The minimum absolute atomic E-state index is 0.155. The Balaban J connectivity index is 0.000000385. The van der Waals surface area contributed by atoms with E-state index in [0.717, 1.165) is 6.42 Å². The molecule has 0 aliphatic rings. The van der Waals surface area contributed by atoms with Gasteiger partial charge in [-0.05, 0) is 85.6 Å². The van der Waals surface area contributed by atoms with E-state index in [1.165, 1.54) is 67.6 Å². The summed E-state index contributed by atoms with van der Waals surface area (Å²) in [5.41, 5.74) is 14.6. The maximum absolute atomic E-state index is 2.32. The van der Waals surface area contributed by atoms with Crippen LogP contribution in [0.4, 0.5) is 0 Å². The van der Waals surface area contributed by atoms with Crippen molar-refractivity contribution in [1.29, 1.82) is 0 Å². The summed E-state index contributed by atoms with van der Waals surface area (Å²) < 4.78 is 0. The van der Waals surface area contributed by atoms with Gasteiger partial charge in [-0.2, -0.15) is 0 Å². The number of benzene rings is 6. The molecular weight excluding hydrogens is 613 g/mol. The predicted octanol–water partition coefficient (Wildman–Crippen LogP) is 15.1. The topological polar surface area (TPSA) is 0 Å². The van der Waals surface area contributed by atoms with Gasteiger partial charge in [-0.3, -0.25) is 0 Å². The highest BCUT2D eigenvalue weighted by Crippen LogP contribution is 2.43. The molecule has 1 unspecified atom stereocenters. The number of aryl methyl sites for hydroxylation is 5. The molecule has 0 heterocycles. The van der Waals surface area contributed by atoms with Crippen LogP contribution in [0, 0.1) is 27.7 Å². The van der Waals surface area contributed by atoms with E-state index in [0.29, 0.717) is 0 Å². The fourth-order valence-electron chi connectivity index (χ4n) is 5.59. The van der Waals surface area contributed by atoms with Gasteiger partial charge in [0.15, 0.2) is 0 Å². The Bertz CT molecular complexity index is 1740. The molecule has 1 atom stereocenters. The van der Waals surface area contributed by atoms with E-state index in [9.17, 15) is 0 Å². The predicted molar refractivity (Wildman–Crippen MR) is 229 cm³/mol. The largest absolute Gasteiger partial charge is 0.0683 e. The first-order valence-electron chi connectivity index (χ1n) is 18.8. The highest BCUT2D eigenvalue weighted by molar-refractivity contribution is 5.95. The van der Waals surface area contributed by atoms with Crippen molar-refractivity contribution in [3.8, 4) is 0 Å². The van der Waals surface area contributed by atoms with E-state index in [-0.39, 0.29) is 5.92 Å². The van der Waals surface area contributed by atoms with Crippen LogP contribution in [0.1, 0.15) is 104 Å². The van der Waals surface area contributed by atoms with Crippen LogP contribution in [-0.2, 0) is 6.42 Å². The lowest BCUT2D eigenvalue weighted by atomic mass is 9.77. The van der Waals surface area contributed by atoms with Gasteiger partial charge in [0.1, 0.15) is 0 Å². The van der Waals surface area contributed by atoms with Crippen molar-refractivity contribution in [2.24, 2.45) is 0 Å². The number of allylic oxidation sites excluding steroid dienone is 2. The summed E-state index contributed by atoms with van der Waals surface area (Å²) in [6.45, 7) is 21.3. The SMILES string of the molecule is CC.CCC.CCc1ccc(C(/C(=C(/C)c2ccccc2)c2ccccc2C)c2ccc(C)cc2)cc1.Cc1ccccc1.Cc1ccccc1. The quantitative estimate of drug-likeness (QED) is 0.154. The molecule has 6 rings (SSSR count). The van der Waals surface area contributed by atoms with Crippen molar-refractivity contribution in [1.82, 2.24) is 0 Å². The number of rotatable bonds is 6. The first-order valence-corrected chi connectivity index (χ1v) is 18.8. The van der Waals surface area contributed by atoms with Crippen molar-refractivity contribution < 1.29 is 0 Å². The fourth-order valence-corrected chi connectivity index (χ4v) is 5.59. The van der Waals surface area contributed by atoms with Crippen LogP contribution >= 0.6 is 0 Å². The molecule has 0 aliphatic heterocycles. The van der Waals surface area contributed by atoms with E-state index < -0.39 is 0 Å². The lowest BCUT2D eigenvalue weighted by Crippen LogP contribution is -2.08. The Morgan fingerprint density at radius 2 is 0.824 bits per heavy atom. The Hall–Kier alpha value is -4.94. The molecule has 0 bridgehead atoms. The van der Waals surface area contributed by atoms with Crippen LogP contribution in [0.2, 0.25) is 0 Å². The Morgan fingerprint density at radius 3 is 1.22 bits per heavy atom. The molecule has 0 fully saturated rings. The van der Waals surface area contributed by atoms with E-state index in [1.54, 1.807) is 0 Å². The average molecular weight is 675 g/mol. The third-order valence-electron chi connectivity index (χ3n) is 8.35. The molecule has 0 saturated carbocycles. The summed E-state index contributed by atoms with van der Waals surface area (Å²) in [6, 6.07) is 58.4. The van der Waals surface area contributed by atoms with Crippen molar-refractivity contribution in [3.05, 3.63) is 214 Å². The molecule has 0 radical (unpaired) electrons.